The molecule has 4 nitrogen and oxygen atoms in total. The summed E-state index contributed by atoms with van der Waals surface area (Å²) < 4.78 is 0. The second-order valence-corrected chi connectivity index (χ2v) is 10.9. The van der Waals surface area contributed by atoms with Crippen molar-refractivity contribution in [3.8, 4) is 0 Å². The minimum atomic E-state index is -0.248. The van der Waals surface area contributed by atoms with Crippen molar-refractivity contribution in [2.45, 2.75) is 40.2 Å². The van der Waals surface area contributed by atoms with E-state index in [4.69, 9.17) is 0 Å². The van der Waals surface area contributed by atoms with Crippen molar-refractivity contribution in [2.75, 3.05) is 10.2 Å². The highest BCUT2D eigenvalue weighted by Gasteiger charge is 2.32. The normalized spacial score (nSPS) is 12.9. The van der Waals surface area contributed by atoms with E-state index in [0.29, 0.717) is 12.0 Å². The molecule has 180 valence electrons. The molecule has 6 heteroatoms. The molecule has 0 aromatic heterocycles. The van der Waals surface area contributed by atoms with Crippen LogP contribution in [0.5, 0.6) is 0 Å². The van der Waals surface area contributed by atoms with E-state index in [0.717, 1.165) is 37.3 Å². The summed E-state index contributed by atoms with van der Waals surface area (Å²) in [4.78, 5) is 31.5. The minimum absolute atomic E-state index is 0.0690. The van der Waals surface area contributed by atoms with E-state index in [1.165, 1.54) is 0 Å². The van der Waals surface area contributed by atoms with Crippen LogP contribution < -0.4 is 10.2 Å². The molecule has 0 saturated carbocycles. The highest BCUT2D eigenvalue weighted by molar-refractivity contribution is 8.00. The molecule has 1 unspecified atom stereocenters. The quantitative estimate of drug-likeness (QED) is 0.267. The number of rotatable bonds is 6. The van der Waals surface area contributed by atoms with Crippen molar-refractivity contribution < 1.29 is 9.59 Å². The molecule has 1 aliphatic rings. The fraction of sp³-hybridized carbons (Fsp3) is 0.133. The lowest BCUT2D eigenvalue weighted by molar-refractivity contribution is -0.117. The lowest BCUT2D eigenvalue weighted by atomic mass is 10.1. The number of carbonyl (C=O) groups is 2. The minimum Gasteiger partial charge on any atom is -0.322 e. The van der Waals surface area contributed by atoms with Crippen LogP contribution in [0.1, 0.15) is 29.3 Å². The maximum atomic E-state index is 13.9. The summed E-state index contributed by atoms with van der Waals surface area (Å²) in [7, 11) is 0. The standard InChI is InChI=1S/C30H26N2O2S2/c1-3-26(30(34)32-24-11-4-6-13-27(24)36-28-14-7-5-12-25(28)32)35-23-17-15-22(16-18-23)31-29(33)21-10-8-9-20(2)19-21/h4-19,26H,3H2,1-2H3,(H,31,33). The molecule has 0 spiro atoms. The van der Waals surface area contributed by atoms with Gasteiger partial charge in [-0.25, -0.2) is 0 Å². The van der Waals surface area contributed by atoms with Gasteiger partial charge in [-0.05, 0) is 74.0 Å². The van der Waals surface area contributed by atoms with Crippen LogP contribution in [0.15, 0.2) is 112 Å². The van der Waals surface area contributed by atoms with Crippen LogP contribution in [-0.4, -0.2) is 17.1 Å². The first-order chi connectivity index (χ1) is 17.5. The number of hydrogen-bond donors (Lipinski definition) is 1. The average Bonchev–Trinajstić information content (AvgIpc) is 2.91. The Morgan fingerprint density at radius 3 is 2.11 bits per heavy atom. The monoisotopic (exact) mass is 510 g/mol. The molecule has 0 aliphatic carbocycles. The van der Waals surface area contributed by atoms with Gasteiger partial charge in [-0.3, -0.25) is 14.5 Å². The smallest absolute Gasteiger partial charge is 0.255 e. The third kappa shape index (κ3) is 5.06. The van der Waals surface area contributed by atoms with Crippen LogP contribution in [0, 0.1) is 6.92 Å². The Bertz CT molecular complexity index is 1370. The average molecular weight is 511 g/mol. The first-order valence-electron chi connectivity index (χ1n) is 11.9. The summed E-state index contributed by atoms with van der Waals surface area (Å²) in [6.07, 6.45) is 0.698. The maximum Gasteiger partial charge on any atom is 0.255 e. The van der Waals surface area contributed by atoms with Gasteiger partial charge in [-0.2, -0.15) is 0 Å². The molecule has 1 N–H and O–H groups in total. The van der Waals surface area contributed by atoms with Crippen molar-refractivity contribution in [1.29, 1.82) is 0 Å². The number of amides is 2. The van der Waals surface area contributed by atoms with Gasteiger partial charge in [-0.15, -0.1) is 11.8 Å². The van der Waals surface area contributed by atoms with E-state index >= 15 is 0 Å². The molecule has 36 heavy (non-hydrogen) atoms. The number of thioether (sulfide) groups is 1. The number of benzene rings is 4. The Morgan fingerprint density at radius 2 is 1.50 bits per heavy atom. The van der Waals surface area contributed by atoms with E-state index in [1.54, 1.807) is 29.6 Å². The van der Waals surface area contributed by atoms with Crippen molar-refractivity contribution in [3.05, 3.63) is 108 Å². The Hall–Kier alpha value is -3.48. The van der Waals surface area contributed by atoms with Gasteiger partial charge >= 0.3 is 0 Å². The molecule has 1 heterocycles. The number of nitrogens with zero attached hydrogens (tertiary/aromatic N) is 1. The van der Waals surface area contributed by atoms with Crippen LogP contribution in [0.3, 0.4) is 0 Å². The lowest BCUT2D eigenvalue weighted by Gasteiger charge is -2.33. The van der Waals surface area contributed by atoms with Gasteiger partial charge in [0.2, 0.25) is 5.91 Å². The molecular weight excluding hydrogens is 484 g/mol. The molecule has 5 rings (SSSR count). The predicted octanol–water partition coefficient (Wildman–Crippen LogP) is 7.95. The Labute approximate surface area is 220 Å². The summed E-state index contributed by atoms with van der Waals surface area (Å²) >= 11 is 3.25. The molecule has 2 amide bonds. The SMILES string of the molecule is CCC(Sc1ccc(NC(=O)c2cccc(C)c2)cc1)C(=O)N1c2ccccc2Sc2ccccc21. The van der Waals surface area contributed by atoms with Gasteiger partial charge in [0.25, 0.3) is 5.91 Å². The van der Waals surface area contributed by atoms with Gasteiger partial charge < -0.3 is 5.32 Å². The number of fused-ring (bicyclic) bond motifs is 2. The van der Waals surface area contributed by atoms with Crippen LogP contribution in [0.2, 0.25) is 0 Å². The molecule has 0 fully saturated rings. The Balaban J connectivity index is 1.33. The number of para-hydroxylation sites is 2. The Kier molecular flexibility index (Phi) is 7.16. The van der Waals surface area contributed by atoms with Crippen LogP contribution in [0.25, 0.3) is 0 Å². The molecule has 4 aromatic carbocycles. The number of nitrogens with one attached hydrogen (secondary N) is 1. The largest absolute Gasteiger partial charge is 0.322 e. The molecule has 4 aromatic rings. The Morgan fingerprint density at radius 1 is 0.861 bits per heavy atom. The third-order valence-corrected chi connectivity index (χ3v) is 8.46. The first-order valence-corrected chi connectivity index (χ1v) is 13.6. The molecular formula is C30H26N2O2S2. The van der Waals surface area contributed by atoms with Gasteiger partial charge in [0.05, 0.1) is 16.6 Å². The fourth-order valence-electron chi connectivity index (χ4n) is 4.17. The van der Waals surface area contributed by atoms with E-state index in [1.807, 2.05) is 97.6 Å². The zero-order valence-electron chi connectivity index (χ0n) is 20.1. The first kappa shape index (κ1) is 24.2. The fourth-order valence-corrected chi connectivity index (χ4v) is 6.22. The van der Waals surface area contributed by atoms with Gasteiger partial charge in [0.1, 0.15) is 0 Å². The van der Waals surface area contributed by atoms with E-state index < -0.39 is 0 Å². The number of anilines is 3. The summed E-state index contributed by atoms with van der Waals surface area (Å²) in [5.74, 6) is -0.0689. The second-order valence-electron chi connectivity index (χ2n) is 8.57. The number of aryl methyl sites for hydroxylation is 1. The summed E-state index contributed by atoms with van der Waals surface area (Å²) in [5.41, 5.74) is 4.26. The zero-order valence-corrected chi connectivity index (χ0v) is 21.7. The van der Waals surface area contributed by atoms with Crippen molar-refractivity contribution in [2.24, 2.45) is 0 Å². The van der Waals surface area contributed by atoms with E-state index in [-0.39, 0.29) is 17.1 Å². The summed E-state index contributed by atoms with van der Waals surface area (Å²) in [6.45, 7) is 4.01. The third-order valence-electron chi connectivity index (χ3n) is 5.97. The highest BCUT2D eigenvalue weighted by atomic mass is 32.2. The molecule has 0 saturated heterocycles. The predicted molar refractivity (Wildman–Crippen MR) is 150 cm³/mol. The van der Waals surface area contributed by atoms with Crippen molar-refractivity contribution in [3.63, 3.8) is 0 Å². The summed E-state index contributed by atoms with van der Waals surface area (Å²) in [5, 5.41) is 2.70. The second kappa shape index (κ2) is 10.6. The lowest BCUT2D eigenvalue weighted by Crippen LogP contribution is -2.35. The van der Waals surface area contributed by atoms with Gasteiger partial charge in [0.15, 0.2) is 0 Å². The van der Waals surface area contributed by atoms with E-state index in [2.05, 4.69) is 17.4 Å². The molecule has 1 aliphatic heterocycles. The van der Waals surface area contributed by atoms with Gasteiger partial charge in [0, 0.05) is 25.9 Å². The molecule has 0 bridgehead atoms. The summed E-state index contributed by atoms with van der Waals surface area (Å²) in [6, 6.07) is 31.3. The maximum absolute atomic E-state index is 13.9. The van der Waals surface area contributed by atoms with Crippen molar-refractivity contribution in [1.82, 2.24) is 0 Å². The van der Waals surface area contributed by atoms with Crippen LogP contribution >= 0.6 is 23.5 Å². The zero-order chi connectivity index (χ0) is 25.1. The van der Waals surface area contributed by atoms with Crippen LogP contribution in [-0.2, 0) is 4.79 Å². The highest BCUT2D eigenvalue weighted by Crippen LogP contribution is 2.48. The van der Waals surface area contributed by atoms with Gasteiger partial charge in [-0.1, -0.05) is 60.6 Å². The number of hydrogen-bond acceptors (Lipinski definition) is 4. The number of carbonyl (C=O) groups excluding carboxylic acids is 2. The van der Waals surface area contributed by atoms with Crippen molar-refractivity contribution >= 4 is 52.4 Å². The molecule has 0 radical (unpaired) electrons. The van der Waals surface area contributed by atoms with Crippen LogP contribution in [0.4, 0.5) is 17.1 Å². The van der Waals surface area contributed by atoms with E-state index in [9.17, 15) is 9.59 Å². The topological polar surface area (TPSA) is 49.4 Å². The molecule has 1 atom stereocenters.